The standard InChI is InChI=1S/C27H30N2O6S/c1-17-24(10-9-22(25(17)31)23(30)15-27(2,3)4)35-16-21-14-19(11-12-28-21)18-7-6-8-20(13-18)26(32)29-36(5,33)34/h6-14,31H,15-16H2,1-5H3,(H,29,32). The summed E-state index contributed by atoms with van der Waals surface area (Å²) in [7, 11) is -3.67. The predicted octanol–water partition coefficient (Wildman–Crippen LogP) is 4.65. The number of aromatic nitrogens is 1. The van der Waals surface area contributed by atoms with Gasteiger partial charge < -0.3 is 9.84 Å². The summed E-state index contributed by atoms with van der Waals surface area (Å²) in [6.07, 6.45) is 2.84. The number of pyridine rings is 1. The number of rotatable bonds is 8. The molecule has 0 aliphatic carbocycles. The zero-order valence-electron chi connectivity index (χ0n) is 21.0. The highest BCUT2D eigenvalue weighted by Gasteiger charge is 2.22. The van der Waals surface area contributed by atoms with Crippen LogP contribution in [0.1, 0.15) is 59.2 Å². The number of aromatic hydroxyl groups is 1. The summed E-state index contributed by atoms with van der Waals surface area (Å²) in [5.74, 6) is -0.493. The fourth-order valence-corrected chi connectivity index (χ4v) is 4.05. The molecule has 1 heterocycles. The minimum Gasteiger partial charge on any atom is -0.507 e. The van der Waals surface area contributed by atoms with Crippen molar-refractivity contribution in [2.75, 3.05) is 6.26 Å². The van der Waals surface area contributed by atoms with Crippen molar-refractivity contribution in [3.8, 4) is 22.6 Å². The molecule has 3 aromatic rings. The first kappa shape index (κ1) is 26.9. The Morgan fingerprint density at radius 2 is 1.75 bits per heavy atom. The molecule has 2 N–H and O–H groups in total. The Morgan fingerprint density at radius 3 is 2.42 bits per heavy atom. The van der Waals surface area contributed by atoms with Crippen LogP contribution < -0.4 is 9.46 Å². The van der Waals surface area contributed by atoms with Gasteiger partial charge in [0.05, 0.1) is 17.5 Å². The van der Waals surface area contributed by atoms with Gasteiger partial charge in [0, 0.05) is 23.7 Å². The number of Topliss-reactive ketones (excluding diaryl/α,β-unsaturated/α-hetero) is 1. The molecule has 8 nitrogen and oxygen atoms in total. The molecule has 3 rings (SSSR count). The number of benzene rings is 2. The summed E-state index contributed by atoms with van der Waals surface area (Å²) in [5.41, 5.74) is 2.83. The van der Waals surface area contributed by atoms with Crippen LogP contribution in [0.2, 0.25) is 0 Å². The topological polar surface area (TPSA) is 123 Å². The second-order valence-electron chi connectivity index (χ2n) is 9.85. The Kier molecular flexibility index (Phi) is 7.83. The summed E-state index contributed by atoms with van der Waals surface area (Å²) >= 11 is 0. The molecule has 0 fully saturated rings. The Labute approximate surface area is 211 Å². The Balaban J connectivity index is 1.77. The predicted molar refractivity (Wildman–Crippen MR) is 138 cm³/mol. The van der Waals surface area contributed by atoms with Crippen LogP contribution in [0.5, 0.6) is 11.5 Å². The van der Waals surface area contributed by atoms with Crippen molar-refractivity contribution in [3.05, 3.63) is 77.1 Å². The van der Waals surface area contributed by atoms with Gasteiger partial charge in [-0.05, 0) is 59.9 Å². The lowest BCUT2D eigenvalue weighted by molar-refractivity contribution is 0.0935. The molecular formula is C27H30N2O6S. The van der Waals surface area contributed by atoms with Crippen LogP contribution in [0.4, 0.5) is 0 Å². The SMILES string of the molecule is Cc1c(OCc2cc(-c3cccc(C(=O)NS(C)(=O)=O)c3)ccn2)ccc(C(=O)CC(C)(C)C)c1O. The largest absolute Gasteiger partial charge is 0.507 e. The molecule has 0 saturated heterocycles. The lowest BCUT2D eigenvalue weighted by atomic mass is 9.87. The molecule has 0 spiro atoms. The monoisotopic (exact) mass is 510 g/mol. The van der Waals surface area contributed by atoms with Crippen molar-refractivity contribution in [1.29, 1.82) is 0 Å². The van der Waals surface area contributed by atoms with Crippen LogP contribution in [0.25, 0.3) is 11.1 Å². The number of nitrogens with zero attached hydrogens (tertiary/aromatic N) is 1. The van der Waals surface area contributed by atoms with Crippen LogP contribution in [-0.2, 0) is 16.6 Å². The number of nitrogens with one attached hydrogen (secondary N) is 1. The first-order valence-electron chi connectivity index (χ1n) is 11.3. The van der Waals surface area contributed by atoms with Gasteiger partial charge in [-0.2, -0.15) is 0 Å². The average molecular weight is 511 g/mol. The molecule has 9 heteroatoms. The number of phenols is 1. The number of ketones is 1. The maximum Gasteiger partial charge on any atom is 0.264 e. The molecule has 0 bridgehead atoms. The van der Waals surface area contributed by atoms with Crippen LogP contribution in [-0.4, -0.2) is 36.5 Å². The van der Waals surface area contributed by atoms with Crippen LogP contribution in [0.3, 0.4) is 0 Å². The third-order valence-corrected chi connectivity index (χ3v) is 5.86. The van der Waals surface area contributed by atoms with E-state index in [0.717, 1.165) is 11.8 Å². The molecule has 2 aromatic carbocycles. The third-order valence-electron chi connectivity index (χ3n) is 5.30. The van der Waals surface area contributed by atoms with E-state index in [1.165, 1.54) is 6.07 Å². The van der Waals surface area contributed by atoms with Crippen molar-refractivity contribution >= 4 is 21.7 Å². The molecule has 0 saturated carbocycles. The van der Waals surface area contributed by atoms with Gasteiger partial charge in [-0.15, -0.1) is 0 Å². The number of carbonyl (C=O) groups is 2. The van der Waals surface area contributed by atoms with Crippen LogP contribution >= 0.6 is 0 Å². The van der Waals surface area contributed by atoms with Gasteiger partial charge >= 0.3 is 0 Å². The molecule has 0 atom stereocenters. The normalized spacial score (nSPS) is 11.7. The van der Waals surface area contributed by atoms with Gasteiger partial charge in [0.2, 0.25) is 10.0 Å². The Bertz CT molecular complexity index is 1410. The van der Waals surface area contributed by atoms with E-state index in [2.05, 4.69) is 4.98 Å². The fraction of sp³-hybridized carbons (Fsp3) is 0.296. The zero-order valence-corrected chi connectivity index (χ0v) is 21.8. The first-order chi connectivity index (χ1) is 16.7. The number of phenolic OH excluding ortho intramolecular Hbond substituents is 1. The lowest BCUT2D eigenvalue weighted by Crippen LogP contribution is -2.29. The van der Waals surface area contributed by atoms with Crippen molar-refractivity contribution in [1.82, 2.24) is 9.71 Å². The van der Waals surface area contributed by atoms with Crippen molar-refractivity contribution in [3.63, 3.8) is 0 Å². The van der Waals surface area contributed by atoms with E-state index >= 15 is 0 Å². The van der Waals surface area contributed by atoms with Gasteiger partial charge in [0.15, 0.2) is 5.78 Å². The fourth-order valence-electron chi connectivity index (χ4n) is 3.60. The van der Waals surface area contributed by atoms with Gasteiger partial charge in [-0.1, -0.05) is 32.9 Å². The summed E-state index contributed by atoms with van der Waals surface area (Å²) in [5, 5.41) is 10.6. The minimum atomic E-state index is -3.67. The van der Waals surface area contributed by atoms with E-state index in [1.807, 2.05) is 25.5 Å². The van der Waals surface area contributed by atoms with Crippen molar-refractivity contribution in [2.45, 2.75) is 40.7 Å². The molecule has 1 aromatic heterocycles. The maximum atomic E-state index is 12.6. The smallest absolute Gasteiger partial charge is 0.264 e. The van der Waals surface area contributed by atoms with Gasteiger partial charge in [-0.3, -0.25) is 14.6 Å². The highest BCUT2D eigenvalue weighted by molar-refractivity contribution is 7.89. The number of hydrogen-bond donors (Lipinski definition) is 2. The second-order valence-corrected chi connectivity index (χ2v) is 11.6. The molecule has 0 unspecified atom stereocenters. The van der Waals surface area contributed by atoms with E-state index in [1.54, 1.807) is 55.6 Å². The summed E-state index contributed by atoms with van der Waals surface area (Å²) in [6, 6.07) is 13.4. The molecule has 190 valence electrons. The van der Waals surface area contributed by atoms with Gasteiger partial charge in [0.25, 0.3) is 5.91 Å². The van der Waals surface area contributed by atoms with E-state index in [4.69, 9.17) is 4.74 Å². The third kappa shape index (κ3) is 7.14. The number of amides is 1. The van der Waals surface area contributed by atoms with E-state index in [0.29, 0.717) is 29.0 Å². The number of sulfonamides is 1. The second kappa shape index (κ2) is 10.5. The van der Waals surface area contributed by atoms with Crippen molar-refractivity contribution < 1.29 is 27.9 Å². The highest BCUT2D eigenvalue weighted by Crippen LogP contribution is 2.33. The van der Waals surface area contributed by atoms with Gasteiger partial charge in [0.1, 0.15) is 18.1 Å². The summed E-state index contributed by atoms with van der Waals surface area (Å²) in [4.78, 5) is 29.1. The van der Waals surface area contributed by atoms with Crippen LogP contribution in [0, 0.1) is 12.3 Å². The molecule has 0 radical (unpaired) electrons. The van der Waals surface area contributed by atoms with E-state index in [-0.39, 0.29) is 34.7 Å². The maximum absolute atomic E-state index is 12.6. The number of ether oxygens (including phenoxy) is 1. The number of hydrogen-bond acceptors (Lipinski definition) is 7. The average Bonchev–Trinajstić information content (AvgIpc) is 2.78. The Morgan fingerprint density at radius 1 is 1.06 bits per heavy atom. The molecule has 1 amide bonds. The van der Waals surface area contributed by atoms with E-state index < -0.39 is 15.9 Å². The summed E-state index contributed by atoms with van der Waals surface area (Å²) in [6.45, 7) is 7.70. The molecule has 0 aliphatic rings. The molecule has 36 heavy (non-hydrogen) atoms. The quantitative estimate of drug-likeness (QED) is 0.423. The Hall–Kier alpha value is -3.72. The molecular weight excluding hydrogens is 480 g/mol. The number of carbonyl (C=O) groups excluding carboxylic acids is 2. The minimum absolute atomic E-state index is 0.0901. The lowest BCUT2D eigenvalue weighted by Gasteiger charge is -2.18. The summed E-state index contributed by atoms with van der Waals surface area (Å²) < 4.78 is 30.6. The van der Waals surface area contributed by atoms with Crippen molar-refractivity contribution in [2.24, 2.45) is 5.41 Å². The van der Waals surface area contributed by atoms with E-state index in [9.17, 15) is 23.1 Å². The van der Waals surface area contributed by atoms with Crippen LogP contribution in [0.15, 0.2) is 54.7 Å². The highest BCUT2D eigenvalue weighted by atomic mass is 32.2. The first-order valence-corrected chi connectivity index (χ1v) is 13.2. The zero-order chi connectivity index (χ0) is 26.7. The molecule has 0 aliphatic heterocycles. The van der Waals surface area contributed by atoms with Gasteiger partial charge in [-0.25, -0.2) is 13.1 Å².